The van der Waals surface area contributed by atoms with Crippen molar-refractivity contribution >= 4 is 5.91 Å². The highest BCUT2D eigenvalue weighted by Gasteiger charge is 2.10. The maximum absolute atomic E-state index is 11.1. The second kappa shape index (κ2) is 7.68. The maximum Gasteiger partial charge on any atom is 0.217 e. The Balaban J connectivity index is 2.59. The lowest BCUT2D eigenvalue weighted by Gasteiger charge is -2.18. The van der Waals surface area contributed by atoms with Crippen LogP contribution in [0.1, 0.15) is 12.5 Å². The van der Waals surface area contributed by atoms with E-state index in [-0.39, 0.29) is 11.9 Å². The summed E-state index contributed by atoms with van der Waals surface area (Å²) < 4.78 is 5.11. The number of rotatable bonds is 7. The molecule has 18 heavy (non-hydrogen) atoms. The van der Waals surface area contributed by atoms with Crippen LogP contribution in [0.15, 0.2) is 24.3 Å². The molecule has 0 fully saturated rings. The monoisotopic (exact) mass is 251 g/mol. The van der Waals surface area contributed by atoms with Crippen LogP contribution in [0.3, 0.4) is 0 Å². The van der Waals surface area contributed by atoms with E-state index in [0.29, 0.717) is 6.54 Å². The molecule has 0 bridgehead atoms. The van der Waals surface area contributed by atoms with Gasteiger partial charge in [0.25, 0.3) is 0 Å². The van der Waals surface area contributed by atoms with E-state index in [1.807, 2.05) is 24.3 Å². The van der Waals surface area contributed by atoms with Gasteiger partial charge in [-0.1, -0.05) is 12.1 Å². The summed E-state index contributed by atoms with van der Waals surface area (Å²) >= 11 is 0. The molecule has 0 saturated carbocycles. The van der Waals surface area contributed by atoms with Crippen molar-refractivity contribution in [3.05, 3.63) is 29.8 Å². The Bertz CT molecular complexity index is 365. The second-order valence-corrected chi connectivity index (χ2v) is 4.08. The first-order chi connectivity index (χ1) is 8.65. The minimum Gasteiger partial charge on any atom is -0.497 e. The van der Waals surface area contributed by atoms with Crippen molar-refractivity contribution < 1.29 is 9.53 Å². The third kappa shape index (κ3) is 5.16. The topological polar surface area (TPSA) is 62.4 Å². The zero-order valence-corrected chi connectivity index (χ0v) is 11.1. The molecule has 1 rings (SSSR count). The standard InChI is InChI=1S/C13H21N3O2/c1-10(17)16-12(9-15-14-2)8-11-4-6-13(18-3)7-5-11/h4-7,12,14-15H,8-9H2,1-3H3,(H,16,17)/t12-/m1/s1. The van der Waals surface area contributed by atoms with Gasteiger partial charge in [0, 0.05) is 19.5 Å². The fraction of sp³-hybridized carbons (Fsp3) is 0.462. The smallest absolute Gasteiger partial charge is 0.217 e. The van der Waals surface area contributed by atoms with Crippen LogP contribution in [-0.2, 0) is 11.2 Å². The Labute approximate surface area is 108 Å². The summed E-state index contributed by atoms with van der Waals surface area (Å²) in [6.07, 6.45) is 0.776. The summed E-state index contributed by atoms with van der Waals surface area (Å²) in [5.74, 6) is 0.814. The predicted octanol–water partition coefficient (Wildman–Crippen LogP) is 0.466. The van der Waals surface area contributed by atoms with Crippen LogP contribution in [0, 0.1) is 0 Å². The van der Waals surface area contributed by atoms with Crippen molar-refractivity contribution in [3.8, 4) is 5.75 Å². The van der Waals surface area contributed by atoms with Gasteiger partial charge in [0.05, 0.1) is 7.11 Å². The van der Waals surface area contributed by atoms with Gasteiger partial charge in [-0.05, 0) is 31.2 Å². The number of ether oxygens (including phenoxy) is 1. The summed E-state index contributed by atoms with van der Waals surface area (Å²) in [6.45, 7) is 2.20. The molecule has 0 radical (unpaired) electrons. The van der Waals surface area contributed by atoms with E-state index in [9.17, 15) is 4.79 Å². The number of carbonyl (C=O) groups is 1. The number of carbonyl (C=O) groups excluding carboxylic acids is 1. The minimum absolute atomic E-state index is 0.0218. The van der Waals surface area contributed by atoms with Crippen molar-refractivity contribution in [1.82, 2.24) is 16.2 Å². The highest BCUT2D eigenvalue weighted by atomic mass is 16.5. The Morgan fingerprint density at radius 2 is 2.00 bits per heavy atom. The fourth-order valence-corrected chi connectivity index (χ4v) is 1.73. The zero-order valence-electron chi connectivity index (χ0n) is 11.1. The van der Waals surface area contributed by atoms with E-state index in [2.05, 4.69) is 16.2 Å². The van der Waals surface area contributed by atoms with Crippen LogP contribution >= 0.6 is 0 Å². The molecule has 3 N–H and O–H groups in total. The predicted molar refractivity (Wildman–Crippen MR) is 71.4 cm³/mol. The molecule has 0 heterocycles. The van der Waals surface area contributed by atoms with E-state index in [0.717, 1.165) is 17.7 Å². The molecular formula is C13H21N3O2. The molecule has 0 unspecified atom stereocenters. The van der Waals surface area contributed by atoms with Gasteiger partial charge >= 0.3 is 0 Å². The number of hydrogen-bond acceptors (Lipinski definition) is 4. The number of benzene rings is 1. The lowest BCUT2D eigenvalue weighted by atomic mass is 10.1. The van der Waals surface area contributed by atoms with Gasteiger partial charge in [-0.15, -0.1) is 0 Å². The Hall–Kier alpha value is -1.59. The molecule has 0 aliphatic heterocycles. The SMILES string of the molecule is CNNC[C@@H](Cc1ccc(OC)cc1)NC(C)=O. The maximum atomic E-state index is 11.1. The van der Waals surface area contributed by atoms with Gasteiger partial charge in [-0.3, -0.25) is 15.6 Å². The van der Waals surface area contributed by atoms with Crippen LogP contribution in [0.5, 0.6) is 5.75 Å². The van der Waals surface area contributed by atoms with Crippen molar-refractivity contribution in [2.45, 2.75) is 19.4 Å². The largest absolute Gasteiger partial charge is 0.497 e. The van der Waals surface area contributed by atoms with Crippen molar-refractivity contribution in [2.75, 3.05) is 20.7 Å². The van der Waals surface area contributed by atoms with Gasteiger partial charge in [0.2, 0.25) is 5.91 Å². The lowest BCUT2D eigenvalue weighted by molar-refractivity contribution is -0.119. The zero-order chi connectivity index (χ0) is 13.4. The van der Waals surface area contributed by atoms with Crippen LogP contribution in [-0.4, -0.2) is 32.7 Å². The van der Waals surface area contributed by atoms with E-state index in [1.54, 1.807) is 14.2 Å². The third-order valence-electron chi connectivity index (χ3n) is 2.57. The van der Waals surface area contributed by atoms with Crippen LogP contribution in [0.2, 0.25) is 0 Å². The normalized spacial score (nSPS) is 11.9. The van der Waals surface area contributed by atoms with Gasteiger partial charge in [0.1, 0.15) is 5.75 Å². The molecule has 100 valence electrons. The van der Waals surface area contributed by atoms with Crippen LogP contribution in [0.25, 0.3) is 0 Å². The summed E-state index contributed by atoms with van der Waals surface area (Å²) in [5, 5.41) is 2.92. The van der Waals surface area contributed by atoms with E-state index >= 15 is 0 Å². The summed E-state index contributed by atoms with van der Waals surface area (Å²) in [7, 11) is 3.45. The highest BCUT2D eigenvalue weighted by molar-refractivity contribution is 5.73. The van der Waals surface area contributed by atoms with Gasteiger partial charge in [-0.25, -0.2) is 0 Å². The van der Waals surface area contributed by atoms with Crippen molar-refractivity contribution in [1.29, 1.82) is 0 Å². The Kier molecular flexibility index (Phi) is 6.18. The molecule has 1 aromatic carbocycles. The molecule has 0 aromatic heterocycles. The molecule has 5 nitrogen and oxygen atoms in total. The number of amides is 1. The quantitative estimate of drug-likeness (QED) is 0.616. The molecule has 1 atom stereocenters. The first-order valence-electron chi connectivity index (χ1n) is 5.95. The Morgan fingerprint density at radius 3 is 2.50 bits per heavy atom. The van der Waals surface area contributed by atoms with Crippen LogP contribution in [0.4, 0.5) is 0 Å². The van der Waals surface area contributed by atoms with Crippen molar-refractivity contribution in [2.24, 2.45) is 0 Å². The van der Waals surface area contributed by atoms with Gasteiger partial charge in [-0.2, -0.15) is 0 Å². The summed E-state index contributed by atoms with van der Waals surface area (Å²) in [6, 6.07) is 7.92. The average Bonchev–Trinajstić information content (AvgIpc) is 2.36. The second-order valence-electron chi connectivity index (χ2n) is 4.08. The lowest BCUT2D eigenvalue weighted by Crippen LogP contribution is -2.45. The van der Waals surface area contributed by atoms with E-state index in [4.69, 9.17) is 4.74 Å². The minimum atomic E-state index is -0.0218. The first-order valence-corrected chi connectivity index (χ1v) is 5.95. The highest BCUT2D eigenvalue weighted by Crippen LogP contribution is 2.12. The molecule has 1 aromatic rings. The third-order valence-corrected chi connectivity index (χ3v) is 2.57. The molecule has 0 spiro atoms. The Morgan fingerprint density at radius 1 is 1.33 bits per heavy atom. The molecular weight excluding hydrogens is 230 g/mol. The van der Waals surface area contributed by atoms with Crippen molar-refractivity contribution in [3.63, 3.8) is 0 Å². The number of methoxy groups -OCH3 is 1. The average molecular weight is 251 g/mol. The first kappa shape index (κ1) is 14.5. The number of hydrogen-bond donors (Lipinski definition) is 3. The molecule has 0 saturated heterocycles. The fourth-order valence-electron chi connectivity index (χ4n) is 1.73. The molecule has 5 heteroatoms. The molecule has 0 aliphatic carbocycles. The summed E-state index contributed by atoms with van der Waals surface area (Å²) in [5.41, 5.74) is 7.02. The van der Waals surface area contributed by atoms with Crippen LogP contribution < -0.4 is 20.9 Å². The molecule has 1 amide bonds. The summed E-state index contributed by atoms with van der Waals surface area (Å²) in [4.78, 5) is 11.1. The van der Waals surface area contributed by atoms with E-state index < -0.39 is 0 Å². The number of nitrogens with one attached hydrogen (secondary N) is 3. The molecule has 0 aliphatic rings. The van der Waals surface area contributed by atoms with Gasteiger partial charge in [0.15, 0.2) is 0 Å². The van der Waals surface area contributed by atoms with Gasteiger partial charge < -0.3 is 10.1 Å². The number of hydrazine groups is 1. The van der Waals surface area contributed by atoms with E-state index in [1.165, 1.54) is 6.92 Å².